The molecule has 0 unspecified atom stereocenters. The smallest absolute Gasteiger partial charge is 0.417 e. The molecule has 0 aliphatic carbocycles. The van der Waals surface area contributed by atoms with Gasteiger partial charge in [-0.25, -0.2) is 0 Å². The highest BCUT2D eigenvalue weighted by Gasteiger charge is 2.33. The van der Waals surface area contributed by atoms with Gasteiger partial charge in [-0.2, -0.15) is 18.4 Å². The molecular weight excluding hydrogens is 275 g/mol. The molecule has 0 saturated carbocycles. The van der Waals surface area contributed by atoms with Gasteiger partial charge < -0.3 is 14.2 Å². The largest absolute Gasteiger partial charge is 0.491 e. The molecule has 0 aliphatic heterocycles. The third kappa shape index (κ3) is 5.07. The van der Waals surface area contributed by atoms with E-state index in [0.29, 0.717) is 13.2 Å². The molecule has 0 N–H and O–H groups in total. The van der Waals surface area contributed by atoms with Crippen LogP contribution in [-0.2, 0) is 15.7 Å². The molecule has 1 aromatic carbocycles. The Morgan fingerprint density at radius 3 is 2.45 bits per heavy atom. The second-order valence-electron chi connectivity index (χ2n) is 3.77. The van der Waals surface area contributed by atoms with Crippen molar-refractivity contribution in [3.05, 3.63) is 29.3 Å². The number of halogens is 3. The summed E-state index contributed by atoms with van der Waals surface area (Å²) in [6.45, 7) is 1.33. The summed E-state index contributed by atoms with van der Waals surface area (Å²) in [5.74, 6) is 0.199. The number of rotatable bonds is 7. The van der Waals surface area contributed by atoms with Gasteiger partial charge in [-0.1, -0.05) is 0 Å². The van der Waals surface area contributed by atoms with Crippen LogP contribution in [0.25, 0.3) is 0 Å². The Morgan fingerprint density at radius 1 is 1.15 bits per heavy atom. The first-order valence-corrected chi connectivity index (χ1v) is 5.80. The van der Waals surface area contributed by atoms with Crippen LogP contribution in [0.15, 0.2) is 18.2 Å². The highest BCUT2D eigenvalue weighted by atomic mass is 19.4. The Hall–Kier alpha value is -1.78. The molecule has 1 aromatic rings. The van der Waals surface area contributed by atoms with E-state index >= 15 is 0 Å². The van der Waals surface area contributed by atoms with Crippen LogP contribution in [0.4, 0.5) is 13.2 Å². The molecule has 20 heavy (non-hydrogen) atoms. The molecule has 7 heteroatoms. The predicted octanol–water partition coefficient (Wildman–Crippen LogP) is 2.62. The van der Waals surface area contributed by atoms with Crippen LogP contribution in [0.3, 0.4) is 0 Å². The molecule has 110 valence electrons. The molecular formula is C13H14F3NO3. The minimum atomic E-state index is -4.55. The maximum atomic E-state index is 12.6. The topological polar surface area (TPSA) is 51.5 Å². The quantitative estimate of drug-likeness (QED) is 0.724. The predicted molar refractivity (Wildman–Crippen MR) is 64.3 cm³/mol. The minimum absolute atomic E-state index is 0.181. The van der Waals surface area contributed by atoms with E-state index in [0.717, 1.165) is 12.1 Å². The number of nitriles is 1. The maximum Gasteiger partial charge on any atom is 0.417 e. The first-order valence-electron chi connectivity index (χ1n) is 5.80. The Labute approximate surface area is 114 Å². The molecule has 0 spiro atoms. The van der Waals surface area contributed by atoms with Gasteiger partial charge >= 0.3 is 6.18 Å². The lowest BCUT2D eigenvalue weighted by Gasteiger charge is -2.11. The van der Waals surface area contributed by atoms with E-state index in [-0.39, 0.29) is 19.0 Å². The molecule has 0 heterocycles. The molecule has 0 fully saturated rings. The Morgan fingerprint density at radius 2 is 1.85 bits per heavy atom. The van der Waals surface area contributed by atoms with E-state index in [9.17, 15) is 13.2 Å². The zero-order valence-electron chi connectivity index (χ0n) is 10.9. The van der Waals surface area contributed by atoms with Crippen molar-refractivity contribution in [2.75, 3.05) is 33.5 Å². The molecule has 0 bridgehead atoms. The van der Waals surface area contributed by atoms with Gasteiger partial charge in [0.15, 0.2) is 0 Å². The lowest BCUT2D eigenvalue weighted by atomic mass is 10.1. The molecule has 0 atom stereocenters. The lowest BCUT2D eigenvalue weighted by molar-refractivity contribution is -0.137. The minimum Gasteiger partial charge on any atom is -0.491 e. The zero-order valence-corrected chi connectivity index (χ0v) is 10.9. The second-order valence-corrected chi connectivity index (χ2v) is 3.77. The number of nitrogens with zero attached hydrogens (tertiary/aromatic N) is 1. The van der Waals surface area contributed by atoms with Crippen molar-refractivity contribution in [2.24, 2.45) is 0 Å². The van der Waals surface area contributed by atoms with Crippen molar-refractivity contribution in [3.8, 4) is 11.8 Å². The fraction of sp³-hybridized carbons (Fsp3) is 0.462. The standard InChI is InChI=1S/C13H14F3NO3/c1-18-4-5-19-6-7-20-11-2-3-12(13(14,15)16)10(8-11)9-17/h2-3,8H,4-7H2,1H3. The van der Waals surface area contributed by atoms with Gasteiger partial charge in [0.25, 0.3) is 0 Å². The summed E-state index contributed by atoms with van der Waals surface area (Å²) in [5, 5.41) is 8.73. The first-order chi connectivity index (χ1) is 9.49. The Bertz CT molecular complexity index is 469. The van der Waals surface area contributed by atoms with Gasteiger partial charge in [0.1, 0.15) is 12.4 Å². The Balaban J connectivity index is 2.55. The van der Waals surface area contributed by atoms with Crippen LogP contribution in [0.2, 0.25) is 0 Å². The van der Waals surface area contributed by atoms with Crippen LogP contribution < -0.4 is 4.74 Å². The van der Waals surface area contributed by atoms with Crippen molar-refractivity contribution in [3.63, 3.8) is 0 Å². The van der Waals surface area contributed by atoms with E-state index in [2.05, 4.69) is 0 Å². The van der Waals surface area contributed by atoms with Crippen LogP contribution in [0, 0.1) is 11.3 Å². The third-order valence-corrected chi connectivity index (χ3v) is 2.35. The van der Waals surface area contributed by atoms with Crippen molar-refractivity contribution in [1.82, 2.24) is 0 Å². The molecule has 0 aromatic heterocycles. The molecule has 0 aliphatic rings. The van der Waals surface area contributed by atoms with Gasteiger partial charge in [0.2, 0.25) is 0 Å². The average molecular weight is 289 g/mol. The molecule has 0 amide bonds. The summed E-state index contributed by atoms with van der Waals surface area (Å²) in [4.78, 5) is 0. The summed E-state index contributed by atoms with van der Waals surface area (Å²) in [5.41, 5.74) is -1.43. The lowest BCUT2D eigenvalue weighted by Crippen LogP contribution is -2.11. The van der Waals surface area contributed by atoms with Gasteiger partial charge in [0, 0.05) is 7.11 Å². The van der Waals surface area contributed by atoms with Crippen molar-refractivity contribution in [2.45, 2.75) is 6.18 Å². The van der Waals surface area contributed by atoms with E-state index < -0.39 is 17.3 Å². The fourth-order valence-corrected chi connectivity index (χ4v) is 1.42. The normalized spacial score (nSPS) is 11.2. The van der Waals surface area contributed by atoms with E-state index in [1.54, 1.807) is 7.11 Å². The number of alkyl halides is 3. The van der Waals surface area contributed by atoms with E-state index in [1.165, 1.54) is 12.1 Å². The number of hydrogen-bond acceptors (Lipinski definition) is 4. The van der Waals surface area contributed by atoms with Crippen molar-refractivity contribution >= 4 is 0 Å². The van der Waals surface area contributed by atoms with E-state index in [1.807, 2.05) is 0 Å². The highest BCUT2D eigenvalue weighted by Crippen LogP contribution is 2.33. The van der Waals surface area contributed by atoms with Gasteiger partial charge in [-0.05, 0) is 18.2 Å². The van der Waals surface area contributed by atoms with Crippen molar-refractivity contribution < 1.29 is 27.4 Å². The average Bonchev–Trinajstić information content (AvgIpc) is 2.41. The fourth-order valence-electron chi connectivity index (χ4n) is 1.42. The molecule has 0 radical (unpaired) electrons. The summed E-state index contributed by atoms with van der Waals surface area (Å²) in [6.07, 6.45) is -4.55. The van der Waals surface area contributed by atoms with Crippen LogP contribution in [0.1, 0.15) is 11.1 Å². The highest BCUT2D eigenvalue weighted by molar-refractivity contribution is 5.44. The molecule has 1 rings (SSSR count). The summed E-state index contributed by atoms with van der Waals surface area (Å²) in [7, 11) is 1.55. The van der Waals surface area contributed by atoms with Crippen LogP contribution in [-0.4, -0.2) is 33.5 Å². The van der Waals surface area contributed by atoms with Crippen LogP contribution in [0.5, 0.6) is 5.75 Å². The first kappa shape index (κ1) is 16.3. The maximum absolute atomic E-state index is 12.6. The van der Waals surface area contributed by atoms with Crippen molar-refractivity contribution in [1.29, 1.82) is 5.26 Å². The monoisotopic (exact) mass is 289 g/mol. The second kappa shape index (κ2) is 7.72. The zero-order chi connectivity index (χ0) is 15.0. The van der Waals surface area contributed by atoms with E-state index in [4.69, 9.17) is 19.5 Å². The van der Waals surface area contributed by atoms with Gasteiger partial charge in [0.05, 0.1) is 37.0 Å². The number of benzene rings is 1. The summed E-state index contributed by atoms with van der Waals surface area (Å²) >= 11 is 0. The van der Waals surface area contributed by atoms with Crippen LogP contribution >= 0.6 is 0 Å². The Kier molecular flexibility index (Phi) is 6.28. The number of methoxy groups -OCH3 is 1. The summed E-state index contributed by atoms with van der Waals surface area (Å²) < 4.78 is 52.8. The third-order valence-electron chi connectivity index (χ3n) is 2.35. The number of hydrogen-bond donors (Lipinski definition) is 0. The summed E-state index contributed by atoms with van der Waals surface area (Å²) in [6, 6.07) is 4.59. The van der Waals surface area contributed by atoms with Gasteiger partial charge in [-0.3, -0.25) is 0 Å². The molecule has 0 saturated heterocycles. The SMILES string of the molecule is COCCOCCOc1ccc(C(F)(F)F)c(C#N)c1. The van der Waals surface area contributed by atoms with Gasteiger partial charge in [-0.15, -0.1) is 0 Å². The number of ether oxygens (including phenoxy) is 3. The molecule has 4 nitrogen and oxygen atoms in total.